The minimum atomic E-state index is -0.0122. The van der Waals surface area contributed by atoms with Crippen LogP contribution >= 0.6 is 23.7 Å². The zero-order chi connectivity index (χ0) is 15.4. The maximum Gasteiger partial charge on any atom is 0.231 e. The Morgan fingerprint density at radius 3 is 3.00 bits per heavy atom. The molecule has 124 valence electrons. The van der Waals surface area contributed by atoms with Crippen LogP contribution in [-0.4, -0.2) is 31.3 Å². The Hall–Kier alpha value is -1.83. The summed E-state index contributed by atoms with van der Waals surface area (Å²) in [6, 6.07) is 5.70. The van der Waals surface area contributed by atoms with E-state index in [-0.39, 0.29) is 25.1 Å². The average molecular weight is 356 g/mol. The lowest BCUT2D eigenvalue weighted by molar-refractivity contribution is -0.116. The first kappa shape index (κ1) is 17.5. The average Bonchev–Trinajstić information content (AvgIpc) is 3.15. The van der Waals surface area contributed by atoms with Crippen LogP contribution in [0.4, 0.5) is 5.13 Å². The van der Waals surface area contributed by atoms with Crippen LogP contribution in [-0.2, 0) is 4.79 Å². The van der Waals surface area contributed by atoms with Gasteiger partial charge in [0.05, 0.1) is 5.69 Å². The highest BCUT2D eigenvalue weighted by Gasteiger charge is 2.15. The molecule has 0 saturated heterocycles. The van der Waals surface area contributed by atoms with E-state index in [0.717, 1.165) is 35.7 Å². The standard InChI is InChI=1S/C15H17N3O3S.ClH/c1-16-6-2-3-14(19)18-15-17-11(8-22-15)10-4-5-12-13(7-10)21-9-20-12;/h4-5,7-8,16H,2-3,6,9H2,1H3,(H,17,18,19);1H. The summed E-state index contributed by atoms with van der Waals surface area (Å²) in [6.45, 7) is 1.08. The number of aromatic nitrogens is 1. The number of halogens is 1. The summed E-state index contributed by atoms with van der Waals surface area (Å²) >= 11 is 1.41. The van der Waals surface area contributed by atoms with E-state index in [9.17, 15) is 4.79 Å². The number of carbonyl (C=O) groups excluding carboxylic acids is 1. The van der Waals surface area contributed by atoms with Crippen LogP contribution in [0.25, 0.3) is 11.3 Å². The largest absolute Gasteiger partial charge is 0.454 e. The van der Waals surface area contributed by atoms with Gasteiger partial charge in [0.1, 0.15) is 0 Å². The molecule has 1 aliphatic heterocycles. The predicted octanol–water partition coefficient (Wildman–Crippen LogP) is 2.90. The van der Waals surface area contributed by atoms with Crippen LogP contribution in [0.5, 0.6) is 11.5 Å². The van der Waals surface area contributed by atoms with Crippen LogP contribution in [0.15, 0.2) is 23.6 Å². The van der Waals surface area contributed by atoms with Crippen molar-refractivity contribution in [2.75, 3.05) is 25.7 Å². The molecule has 2 heterocycles. The van der Waals surface area contributed by atoms with Crippen molar-refractivity contribution in [1.29, 1.82) is 0 Å². The van der Waals surface area contributed by atoms with Crippen molar-refractivity contribution in [2.45, 2.75) is 12.8 Å². The van der Waals surface area contributed by atoms with Crippen molar-refractivity contribution in [3.8, 4) is 22.8 Å². The van der Waals surface area contributed by atoms with Crippen LogP contribution in [0.3, 0.4) is 0 Å². The van der Waals surface area contributed by atoms with Gasteiger partial charge in [0, 0.05) is 17.4 Å². The van der Waals surface area contributed by atoms with Crippen molar-refractivity contribution >= 4 is 34.8 Å². The molecule has 0 fully saturated rings. The van der Waals surface area contributed by atoms with Crippen molar-refractivity contribution in [3.05, 3.63) is 23.6 Å². The van der Waals surface area contributed by atoms with Gasteiger partial charge in [0.2, 0.25) is 12.7 Å². The second-order valence-corrected chi connectivity index (χ2v) is 5.72. The van der Waals surface area contributed by atoms with E-state index in [4.69, 9.17) is 9.47 Å². The van der Waals surface area contributed by atoms with Gasteiger partial charge in [-0.15, -0.1) is 23.7 Å². The molecular formula is C15H18ClN3O3S. The molecule has 8 heteroatoms. The summed E-state index contributed by atoms with van der Waals surface area (Å²) < 4.78 is 10.7. The SMILES string of the molecule is CNCCCC(=O)Nc1nc(-c2ccc3c(c2)OCO3)cs1.Cl. The fourth-order valence-electron chi connectivity index (χ4n) is 2.13. The molecule has 1 aromatic heterocycles. The van der Waals surface area contributed by atoms with Crippen LogP contribution < -0.4 is 20.1 Å². The lowest BCUT2D eigenvalue weighted by atomic mass is 10.1. The van der Waals surface area contributed by atoms with Crippen molar-refractivity contribution in [2.24, 2.45) is 0 Å². The lowest BCUT2D eigenvalue weighted by Gasteiger charge is -2.01. The molecule has 1 amide bonds. The Labute approximate surface area is 144 Å². The fourth-order valence-corrected chi connectivity index (χ4v) is 2.86. The first-order valence-electron chi connectivity index (χ1n) is 7.06. The van der Waals surface area contributed by atoms with Crippen molar-refractivity contribution in [3.63, 3.8) is 0 Å². The quantitative estimate of drug-likeness (QED) is 0.779. The van der Waals surface area contributed by atoms with Gasteiger partial charge in [-0.05, 0) is 38.2 Å². The van der Waals surface area contributed by atoms with Gasteiger partial charge in [-0.3, -0.25) is 4.79 Å². The van der Waals surface area contributed by atoms with E-state index in [1.165, 1.54) is 11.3 Å². The number of thiazole rings is 1. The van der Waals surface area contributed by atoms with Gasteiger partial charge in [0.15, 0.2) is 16.6 Å². The summed E-state index contributed by atoms with van der Waals surface area (Å²) in [6.07, 6.45) is 1.29. The Bertz CT molecular complexity index is 678. The number of hydrogen-bond donors (Lipinski definition) is 2. The molecule has 0 saturated carbocycles. The zero-order valence-corrected chi connectivity index (χ0v) is 14.3. The summed E-state index contributed by atoms with van der Waals surface area (Å²) in [5, 5.41) is 8.38. The molecule has 6 nitrogen and oxygen atoms in total. The first-order chi connectivity index (χ1) is 10.8. The molecule has 0 unspecified atom stereocenters. The number of amides is 1. The lowest BCUT2D eigenvalue weighted by Crippen LogP contribution is -2.15. The number of carbonyl (C=O) groups is 1. The number of rotatable bonds is 6. The van der Waals surface area contributed by atoms with E-state index in [1.54, 1.807) is 0 Å². The molecular weight excluding hydrogens is 338 g/mol. The Balaban J connectivity index is 0.00000192. The van der Waals surface area contributed by atoms with Crippen LogP contribution in [0.2, 0.25) is 0 Å². The van der Waals surface area contributed by atoms with Crippen LogP contribution in [0.1, 0.15) is 12.8 Å². The van der Waals surface area contributed by atoms with E-state index in [1.807, 2.05) is 30.6 Å². The summed E-state index contributed by atoms with van der Waals surface area (Å²) in [5.74, 6) is 1.46. The second kappa shape index (κ2) is 8.14. The summed E-state index contributed by atoms with van der Waals surface area (Å²) in [4.78, 5) is 16.2. The molecule has 0 spiro atoms. The molecule has 23 heavy (non-hydrogen) atoms. The van der Waals surface area contributed by atoms with Gasteiger partial charge in [-0.2, -0.15) is 0 Å². The second-order valence-electron chi connectivity index (χ2n) is 4.86. The van der Waals surface area contributed by atoms with Crippen molar-refractivity contribution < 1.29 is 14.3 Å². The number of nitrogens with one attached hydrogen (secondary N) is 2. The highest BCUT2D eigenvalue weighted by molar-refractivity contribution is 7.14. The Morgan fingerprint density at radius 2 is 2.17 bits per heavy atom. The Kier molecular flexibility index (Phi) is 6.20. The zero-order valence-electron chi connectivity index (χ0n) is 12.6. The molecule has 2 N–H and O–H groups in total. The molecule has 2 aromatic rings. The molecule has 0 aliphatic carbocycles. The highest BCUT2D eigenvalue weighted by atomic mass is 35.5. The minimum absolute atomic E-state index is 0. The number of anilines is 1. The van der Waals surface area contributed by atoms with E-state index < -0.39 is 0 Å². The molecule has 1 aromatic carbocycles. The van der Waals surface area contributed by atoms with Crippen LogP contribution in [0, 0.1) is 0 Å². The Morgan fingerprint density at radius 1 is 1.35 bits per heavy atom. The molecule has 0 bridgehead atoms. The van der Waals surface area contributed by atoms with Gasteiger partial charge in [-0.25, -0.2) is 4.98 Å². The van der Waals surface area contributed by atoms with Gasteiger partial charge in [0.25, 0.3) is 0 Å². The van der Waals surface area contributed by atoms with Gasteiger partial charge >= 0.3 is 0 Å². The summed E-state index contributed by atoms with van der Waals surface area (Å²) in [7, 11) is 1.87. The van der Waals surface area contributed by atoms with Gasteiger partial charge < -0.3 is 20.1 Å². The third kappa shape index (κ3) is 4.34. The number of hydrogen-bond acceptors (Lipinski definition) is 6. The number of nitrogens with zero attached hydrogens (tertiary/aromatic N) is 1. The van der Waals surface area contributed by atoms with E-state index in [2.05, 4.69) is 15.6 Å². The maximum absolute atomic E-state index is 11.8. The van der Waals surface area contributed by atoms with Crippen molar-refractivity contribution in [1.82, 2.24) is 10.3 Å². The fraction of sp³-hybridized carbons (Fsp3) is 0.333. The number of ether oxygens (including phenoxy) is 2. The smallest absolute Gasteiger partial charge is 0.231 e. The number of fused-ring (bicyclic) bond motifs is 1. The van der Waals surface area contributed by atoms with E-state index >= 15 is 0 Å². The molecule has 0 radical (unpaired) electrons. The topological polar surface area (TPSA) is 72.5 Å². The highest BCUT2D eigenvalue weighted by Crippen LogP contribution is 2.36. The molecule has 0 atom stereocenters. The molecule has 3 rings (SSSR count). The normalized spacial score (nSPS) is 11.9. The molecule has 1 aliphatic rings. The summed E-state index contributed by atoms with van der Waals surface area (Å²) in [5.41, 5.74) is 1.75. The minimum Gasteiger partial charge on any atom is -0.454 e. The van der Waals surface area contributed by atoms with E-state index in [0.29, 0.717) is 11.6 Å². The third-order valence-electron chi connectivity index (χ3n) is 3.25. The number of benzene rings is 1. The monoisotopic (exact) mass is 355 g/mol. The van der Waals surface area contributed by atoms with Gasteiger partial charge in [-0.1, -0.05) is 0 Å². The third-order valence-corrected chi connectivity index (χ3v) is 4.01. The predicted molar refractivity (Wildman–Crippen MR) is 92.7 cm³/mol. The first-order valence-corrected chi connectivity index (χ1v) is 7.94. The maximum atomic E-state index is 11.8.